The van der Waals surface area contributed by atoms with E-state index in [0.717, 1.165) is 66.5 Å². The van der Waals surface area contributed by atoms with Gasteiger partial charge in [0, 0.05) is 11.0 Å². The van der Waals surface area contributed by atoms with Gasteiger partial charge in [0.05, 0.1) is 6.61 Å². The van der Waals surface area contributed by atoms with E-state index in [0.29, 0.717) is 22.3 Å². The van der Waals surface area contributed by atoms with Crippen molar-refractivity contribution in [2.75, 3.05) is 13.2 Å². The molecule has 1 heterocycles. The Labute approximate surface area is 254 Å². The van der Waals surface area contributed by atoms with Crippen LogP contribution in [0.3, 0.4) is 0 Å². The average Bonchev–Trinajstić information content (AvgIpc) is 3.74. The van der Waals surface area contributed by atoms with Gasteiger partial charge in [-0.15, -0.1) is 0 Å². The van der Waals surface area contributed by atoms with Crippen LogP contribution in [-0.4, -0.2) is 19.3 Å². The van der Waals surface area contributed by atoms with Crippen molar-refractivity contribution in [2.45, 2.75) is 145 Å². The van der Waals surface area contributed by atoms with Gasteiger partial charge in [0.25, 0.3) is 0 Å². The van der Waals surface area contributed by atoms with Gasteiger partial charge in [-0.3, -0.25) is 0 Å². The molecule has 12 bridgehead atoms. The van der Waals surface area contributed by atoms with E-state index in [2.05, 4.69) is 13.0 Å². The Kier molecular flexibility index (Phi) is 5.05. The smallest absolute Gasteiger partial charge is 0.123 e. The van der Waals surface area contributed by atoms with Gasteiger partial charge < -0.3 is 9.47 Å². The largest absolute Gasteiger partial charge is 0.490 e. The zero-order valence-corrected chi connectivity index (χ0v) is 26.3. The van der Waals surface area contributed by atoms with Crippen molar-refractivity contribution < 1.29 is 9.47 Å². The number of rotatable bonds is 6. The first-order valence-electron chi connectivity index (χ1n) is 18.9. The number of ether oxygens (including phenoxy) is 2. The van der Waals surface area contributed by atoms with Crippen LogP contribution < -0.4 is 4.74 Å². The third kappa shape index (κ3) is 3.54. The van der Waals surface area contributed by atoms with Crippen LogP contribution in [0.4, 0.5) is 0 Å². The molecule has 0 aromatic heterocycles. The summed E-state index contributed by atoms with van der Waals surface area (Å²) in [6.45, 7) is 4.37. The summed E-state index contributed by atoms with van der Waals surface area (Å²) in [7, 11) is 0. The average molecular weight is 567 g/mol. The zero-order chi connectivity index (χ0) is 27.4. The van der Waals surface area contributed by atoms with Crippen molar-refractivity contribution in [3.8, 4) is 5.75 Å². The van der Waals surface area contributed by atoms with Gasteiger partial charge >= 0.3 is 0 Å². The zero-order valence-electron chi connectivity index (χ0n) is 26.3. The molecule has 14 rings (SSSR count). The summed E-state index contributed by atoms with van der Waals surface area (Å²) in [5.41, 5.74) is 8.61. The first kappa shape index (κ1) is 25.2. The van der Waals surface area contributed by atoms with Crippen LogP contribution >= 0.6 is 0 Å². The standard InChI is InChI=1S/C40H54O2/c1-23-34(38-12-24-2-25(13-38)4-26(3-24)14-38)11-35(42-22-33-21-41-33)37(40-18-30-8-31(19-40)10-32(9-30)20-40)36(23)39-15-27-5-28(16-39)7-29(6-27)17-39/h11,24-33H,2-10,12-22H2,1H3. The minimum atomic E-state index is 0.335. The molecular formula is C40H54O2. The van der Waals surface area contributed by atoms with Gasteiger partial charge in [-0.25, -0.2) is 0 Å². The van der Waals surface area contributed by atoms with Gasteiger partial charge in [-0.2, -0.15) is 0 Å². The third-order valence-corrected chi connectivity index (χ3v) is 16.1. The van der Waals surface area contributed by atoms with Crippen molar-refractivity contribution in [1.29, 1.82) is 0 Å². The normalized spacial score (nSPS) is 53.7. The quantitative estimate of drug-likeness (QED) is 0.320. The first-order valence-corrected chi connectivity index (χ1v) is 18.9. The summed E-state index contributed by atoms with van der Waals surface area (Å²) < 4.78 is 13.0. The van der Waals surface area contributed by atoms with E-state index < -0.39 is 0 Å². The topological polar surface area (TPSA) is 21.8 Å². The summed E-state index contributed by atoms with van der Waals surface area (Å²) in [5.74, 6) is 10.3. The van der Waals surface area contributed by atoms with E-state index in [9.17, 15) is 0 Å². The van der Waals surface area contributed by atoms with Crippen LogP contribution in [0.2, 0.25) is 0 Å². The van der Waals surface area contributed by atoms with Crippen LogP contribution in [-0.2, 0) is 21.0 Å². The van der Waals surface area contributed by atoms with Crippen molar-refractivity contribution in [3.05, 3.63) is 28.3 Å². The summed E-state index contributed by atoms with van der Waals surface area (Å²) in [6, 6.07) is 2.75. The van der Waals surface area contributed by atoms with Crippen LogP contribution in [0.1, 0.15) is 138 Å². The predicted molar refractivity (Wildman–Crippen MR) is 166 cm³/mol. The van der Waals surface area contributed by atoms with Crippen molar-refractivity contribution in [3.63, 3.8) is 0 Å². The maximum atomic E-state index is 7.19. The van der Waals surface area contributed by atoms with Crippen molar-refractivity contribution in [2.24, 2.45) is 53.3 Å². The van der Waals surface area contributed by atoms with Crippen LogP contribution in [0.15, 0.2) is 6.07 Å². The summed E-state index contributed by atoms with van der Waals surface area (Å²) in [5, 5.41) is 0. The molecule has 0 radical (unpaired) electrons. The van der Waals surface area contributed by atoms with E-state index >= 15 is 0 Å². The molecule has 0 spiro atoms. The summed E-state index contributed by atoms with van der Waals surface area (Å²) in [6.07, 6.45) is 27.5. The molecule has 42 heavy (non-hydrogen) atoms. The second kappa shape index (κ2) is 8.41. The first-order chi connectivity index (χ1) is 20.4. The summed E-state index contributed by atoms with van der Waals surface area (Å²) >= 11 is 0. The molecule has 12 saturated carbocycles. The Morgan fingerprint density at radius 2 is 0.929 bits per heavy atom. The second-order valence-corrected chi connectivity index (χ2v) is 19.2. The van der Waals surface area contributed by atoms with Crippen LogP contribution in [0.25, 0.3) is 0 Å². The molecule has 0 N–H and O–H groups in total. The van der Waals surface area contributed by atoms with Gasteiger partial charge in [-0.1, -0.05) is 0 Å². The fourth-order valence-corrected chi connectivity index (χ4v) is 16.2. The minimum Gasteiger partial charge on any atom is -0.490 e. The minimum absolute atomic E-state index is 0.335. The maximum absolute atomic E-state index is 7.19. The molecule has 1 atom stereocenters. The van der Waals surface area contributed by atoms with Crippen molar-refractivity contribution >= 4 is 0 Å². The molecule has 12 aliphatic carbocycles. The highest BCUT2D eigenvalue weighted by Crippen LogP contribution is 2.69. The molecule has 0 amide bonds. The highest BCUT2D eigenvalue weighted by molar-refractivity contribution is 5.59. The van der Waals surface area contributed by atoms with E-state index in [4.69, 9.17) is 9.47 Å². The molecule has 1 aromatic carbocycles. The number of benzene rings is 1. The number of hydrogen-bond donors (Lipinski definition) is 0. The Balaban J connectivity index is 1.15. The Morgan fingerprint density at radius 1 is 0.571 bits per heavy atom. The predicted octanol–water partition coefficient (Wildman–Crippen LogP) is 9.18. The molecular weight excluding hydrogens is 512 g/mol. The molecule has 13 fully saturated rings. The van der Waals surface area contributed by atoms with E-state index in [1.807, 2.05) is 11.1 Å². The summed E-state index contributed by atoms with van der Waals surface area (Å²) in [4.78, 5) is 0. The van der Waals surface area contributed by atoms with E-state index in [1.165, 1.54) is 102 Å². The molecule has 13 aliphatic rings. The van der Waals surface area contributed by atoms with Gasteiger partial charge in [-0.05, 0) is 209 Å². The number of hydrogen-bond acceptors (Lipinski definition) is 2. The fourth-order valence-electron chi connectivity index (χ4n) is 16.2. The molecule has 1 aliphatic heterocycles. The highest BCUT2D eigenvalue weighted by atomic mass is 16.6. The fraction of sp³-hybridized carbons (Fsp3) is 0.850. The molecule has 2 nitrogen and oxygen atoms in total. The van der Waals surface area contributed by atoms with E-state index in [-0.39, 0.29) is 0 Å². The second-order valence-electron chi connectivity index (χ2n) is 19.2. The van der Waals surface area contributed by atoms with Gasteiger partial charge in [0.1, 0.15) is 18.5 Å². The van der Waals surface area contributed by atoms with Crippen LogP contribution in [0.5, 0.6) is 5.75 Å². The Morgan fingerprint density at radius 3 is 1.31 bits per heavy atom. The molecule has 1 aromatic rings. The molecule has 1 saturated heterocycles. The highest BCUT2D eigenvalue weighted by Gasteiger charge is 2.59. The van der Waals surface area contributed by atoms with E-state index in [1.54, 1.807) is 30.4 Å². The SMILES string of the molecule is Cc1c(C23CC4CC(CC(C4)C2)C3)cc(OCC2CO2)c(C23CC4CC(CC(C4)C2)C3)c1C12CC3CC(CC(C3)C1)C2. The molecule has 1 unspecified atom stereocenters. The monoisotopic (exact) mass is 566 g/mol. The van der Waals surface area contributed by atoms with Gasteiger partial charge in [0.2, 0.25) is 0 Å². The molecule has 226 valence electrons. The van der Waals surface area contributed by atoms with Crippen LogP contribution in [0, 0.1) is 60.2 Å². The Hall–Kier alpha value is -1.02. The maximum Gasteiger partial charge on any atom is 0.123 e. The van der Waals surface area contributed by atoms with Gasteiger partial charge in [0.15, 0.2) is 0 Å². The lowest BCUT2D eigenvalue weighted by atomic mass is 9.42. The molecule has 2 heteroatoms. The van der Waals surface area contributed by atoms with Crippen molar-refractivity contribution in [1.82, 2.24) is 0 Å². The number of epoxide rings is 1. The lowest BCUT2D eigenvalue weighted by molar-refractivity contribution is -0.0198. The Bertz CT molecular complexity index is 1210. The third-order valence-electron chi connectivity index (χ3n) is 16.1. The lowest BCUT2D eigenvalue weighted by Gasteiger charge is -2.62. The lowest BCUT2D eigenvalue weighted by Crippen LogP contribution is -2.53.